The van der Waals surface area contributed by atoms with E-state index in [0.29, 0.717) is 25.1 Å². The zero-order chi connectivity index (χ0) is 15.7. The highest BCUT2D eigenvalue weighted by molar-refractivity contribution is 6.53. The van der Waals surface area contributed by atoms with Crippen molar-refractivity contribution in [3.8, 4) is 0 Å². The molecule has 4 nitrogen and oxygen atoms in total. The van der Waals surface area contributed by atoms with Crippen molar-refractivity contribution in [3.05, 3.63) is 29.8 Å². The van der Waals surface area contributed by atoms with Crippen LogP contribution in [0.2, 0.25) is 0 Å². The number of hydrogen-bond donors (Lipinski definition) is 2. The molecule has 0 saturated heterocycles. The van der Waals surface area contributed by atoms with Crippen molar-refractivity contribution < 1.29 is 9.59 Å². The molecule has 1 fully saturated rings. The van der Waals surface area contributed by atoms with Crippen molar-refractivity contribution >= 4 is 40.7 Å². The Kier molecular flexibility index (Phi) is 4.49. The summed E-state index contributed by atoms with van der Waals surface area (Å²) in [5.41, 5.74) is 0.813. The molecule has 0 spiro atoms. The predicted molar refractivity (Wildman–Crippen MR) is 84.6 cm³/mol. The van der Waals surface area contributed by atoms with Crippen LogP contribution in [-0.2, 0) is 16.0 Å². The Morgan fingerprint density at radius 2 is 1.81 bits per heavy atom. The second kappa shape index (κ2) is 5.85. The quantitative estimate of drug-likeness (QED) is 0.816. The molecule has 1 aromatic rings. The molecular formula is C15H18Cl2N2O2. The minimum absolute atomic E-state index is 0.0196. The molecule has 1 saturated carbocycles. The summed E-state index contributed by atoms with van der Waals surface area (Å²) in [5, 5.41) is 5.54. The minimum Gasteiger partial charge on any atom is -0.356 e. The lowest BCUT2D eigenvalue weighted by molar-refractivity contribution is -0.121. The van der Waals surface area contributed by atoms with Gasteiger partial charge >= 0.3 is 0 Å². The molecule has 0 aromatic heterocycles. The van der Waals surface area contributed by atoms with Gasteiger partial charge in [0.1, 0.15) is 4.33 Å². The second-order valence-corrected chi connectivity index (χ2v) is 6.98. The number of halogens is 2. The topological polar surface area (TPSA) is 58.2 Å². The van der Waals surface area contributed by atoms with E-state index in [0.717, 1.165) is 5.56 Å². The van der Waals surface area contributed by atoms with Crippen molar-refractivity contribution in [2.45, 2.75) is 31.0 Å². The van der Waals surface area contributed by atoms with E-state index in [-0.39, 0.29) is 11.8 Å². The van der Waals surface area contributed by atoms with Crippen LogP contribution in [0, 0.1) is 5.41 Å². The highest BCUT2D eigenvalue weighted by atomic mass is 35.5. The number of likely N-dealkylation sites (N-methyl/N-ethyl adjacent to an activating group) is 1. The number of rotatable bonds is 5. The number of anilines is 1. The molecule has 0 heterocycles. The molecule has 0 unspecified atom stereocenters. The fourth-order valence-electron chi connectivity index (χ4n) is 2.07. The Morgan fingerprint density at radius 1 is 1.24 bits per heavy atom. The van der Waals surface area contributed by atoms with Crippen LogP contribution in [0.1, 0.15) is 25.8 Å². The van der Waals surface area contributed by atoms with Gasteiger partial charge in [0.25, 0.3) is 0 Å². The molecule has 114 valence electrons. The SMILES string of the molecule is CCNC(=O)Cc1ccc(NC(=O)[C@@]2(C)CC2(Cl)Cl)cc1. The van der Waals surface area contributed by atoms with Crippen molar-refractivity contribution in [1.29, 1.82) is 0 Å². The summed E-state index contributed by atoms with van der Waals surface area (Å²) in [4.78, 5) is 23.6. The van der Waals surface area contributed by atoms with Gasteiger partial charge in [-0.25, -0.2) is 0 Å². The number of amides is 2. The molecule has 0 bridgehead atoms. The summed E-state index contributed by atoms with van der Waals surface area (Å²) in [6.45, 7) is 4.23. The van der Waals surface area contributed by atoms with Crippen LogP contribution in [0.4, 0.5) is 5.69 Å². The Balaban J connectivity index is 1.94. The van der Waals surface area contributed by atoms with Gasteiger partial charge in [-0.15, -0.1) is 23.2 Å². The van der Waals surface area contributed by atoms with Gasteiger partial charge in [-0.05, 0) is 38.0 Å². The van der Waals surface area contributed by atoms with Crippen LogP contribution in [0.15, 0.2) is 24.3 Å². The number of benzene rings is 1. The van der Waals surface area contributed by atoms with E-state index in [1.165, 1.54) is 0 Å². The first-order valence-corrected chi connectivity index (χ1v) is 7.59. The first-order chi connectivity index (χ1) is 9.78. The lowest BCUT2D eigenvalue weighted by Gasteiger charge is -2.13. The third kappa shape index (κ3) is 3.50. The number of alkyl halides is 2. The predicted octanol–water partition coefficient (Wildman–Crippen LogP) is 2.89. The van der Waals surface area contributed by atoms with Crippen LogP contribution >= 0.6 is 23.2 Å². The van der Waals surface area contributed by atoms with E-state index >= 15 is 0 Å². The molecule has 1 aliphatic carbocycles. The van der Waals surface area contributed by atoms with E-state index in [1.54, 1.807) is 19.1 Å². The molecule has 6 heteroatoms. The largest absolute Gasteiger partial charge is 0.356 e. The van der Waals surface area contributed by atoms with Gasteiger partial charge in [0.2, 0.25) is 11.8 Å². The fraction of sp³-hybridized carbons (Fsp3) is 0.467. The average molecular weight is 329 g/mol. The molecule has 1 atom stereocenters. The third-order valence-electron chi connectivity index (χ3n) is 3.71. The standard InChI is InChI=1S/C15H18Cl2N2O2/c1-3-18-12(20)8-10-4-6-11(7-5-10)19-13(21)14(2)9-15(14,16)17/h4-7H,3,8-9H2,1-2H3,(H,18,20)(H,19,21)/t14-/m1/s1. The summed E-state index contributed by atoms with van der Waals surface area (Å²) in [6.07, 6.45) is 0.774. The Bertz CT molecular complexity index is 557. The molecule has 21 heavy (non-hydrogen) atoms. The molecule has 1 aliphatic rings. The monoisotopic (exact) mass is 328 g/mol. The maximum atomic E-state index is 12.1. The Hall–Kier alpha value is -1.26. The highest BCUT2D eigenvalue weighted by Gasteiger charge is 2.67. The van der Waals surface area contributed by atoms with Crippen LogP contribution in [0.25, 0.3) is 0 Å². The number of hydrogen-bond acceptors (Lipinski definition) is 2. The van der Waals surface area contributed by atoms with Crippen LogP contribution in [0.3, 0.4) is 0 Å². The summed E-state index contributed by atoms with van der Waals surface area (Å²) in [6, 6.07) is 7.16. The summed E-state index contributed by atoms with van der Waals surface area (Å²) < 4.78 is -0.977. The molecule has 0 aliphatic heterocycles. The van der Waals surface area contributed by atoms with Gasteiger partial charge in [-0.3, -0.25) is 9.59 Å². The molecule has 2 amide bonds. The van der Waals surface area contributed by atoms with E-state index in [9.17, 15) is 9.59 Å². The smallest absolute Gasteiger partial charge is 0.233 e. The molecule has 1 aromatic carbocycles. The fourth-order valence-corrected chi connectivity index (χ4v) is 2.77. The van der Waals surface area contributed by atoms with Crippen molar-refractivity contribution in [2.75, 3.05) is 11.9 Å². The van der Waals surface area contributed by atoms with E-state index in [4.69, 9.17) is 23.2 Å². The summed E-state index contributed by atoms with van der Waals surface area (Å²) in [5.74, 6) is -0.210. The maximum absolute atomic E-state index is 12.1. The average Bonchev–Trinajstić information content (AvgIpc) is 2.93. The zero-order valence-corrected chi connectivity index (χ0v) is 13.5. The van der Waals surface area contributed by atoms with Gasteiger partial charge in [0.05, 0.1) is 11.8 Å². The van der Waals surface area contributed by atoms with E-state index in [1.807, 2.05) is 19.1 Å². The maximum Gasteiger partial charge on any atom is 0.233 e. The highest BCUT2D eigenvalue weighted by Crippen LogP contribution is 2.64. The van der Waals surface area contributed by atoms with Gasteiger partial charge in [-0.1, -0.05) is 12.1 Å². The Morgan fingerprint density at radius 3 is 2.29 bits per heavy atom. The van der Waals surface area contributed by atoms with Crippen molar-refractivity contribution in [3.63, 3.8) is 0 Å². The lowest BCUT2D eigenvalue weighted by Crippen LogP contribution is -2.26. The van der Waals surface area contributed by atoms with Crippen molar-refractivity contribution in [2.24, 2.45) is 5.41 Å². The van der Waals surface area contributed by atoms with Crippen LogP contribution in [0.5, 0.6) is 0 Å². The van der Waals surface area contributed by atoms with E-state index < -0.39 is 9.75 Å². The van der Waals surface area contributed by atoms with Crippen LogP contribution in [-0.4, -0.2) is 22.7 Å². The van der Waals surface area contributed by atoms with E-state index in [2.05, 4.69) is 10.6 Å². The number of nitrogens with one attached hydrogen (secondary N) is 2. The van der Waals surface area contributed by atoms with Gasteiger partial charge in [0.15, 0.2) is 0 Å². The summed E-state index contributed by atoms with van der Waals surface area (Å²) >= 11 is 12.0. The van der Waals surface area contributed by atoms with Gasteiger partial charge in [-0.2, -0.15) is 0 Å². The molecule has 2 N–H and O–H groups in total. The minimum atomic E-state index is -0.977. The van der Waals surface area contributed by atoms with Gasteiger partial charge < -0.3 is 10.6 Å². The third-order valence-corrected chi connectivity index (χ3v) is 4.81. The number of carbonyl (C=O) groups excluding carboxylic acids is 2. The first-order valence-electron chi connectivity index (χ1n) is 6.83. The number of carbonyl (C=O) groups is 2. The van der Waals surface area contributed by atoms with Gasteiger partial charge in [0, 0.05) is 12.2 Å². The molecule has 2 rings (SSSR count). The summed E-state index contributed by atoms with van der Waals surface area (Å²) in [7, 11) is 0. The molecule has 0 radical (unpaired) electrons. The lowest BCUT2D eigenvalue weighted by atomic mass is 10.1. The first kappa shape index (κ1) is 16.1. The van der Waals surface area contributed by atoms with Crippen molar-refractivity contribution in [1.82, 2.24) is 5.32 Å². The second-order valence-electron chi connectivity index (χ2n) is 5.49. The van der Waals surface area contributed by atoms with Crippen LogP contribution < -0.4 is 10.6 Å². The normalized spacial score (nSPS) is 22.5. The zero-order valence-electron chi connectivity index (χ0n) is 12.0. The Labute approximate surface area is 134 Å². The molecular weight excluding hydrogens is 311 g/mol.